The first-order valence-electron chi connectivity index (χ1n) is 6.54. The Bertz CT molecular complexity index is 539. The molecule has 1 unspecified atom stereocenters. The molecule has 1 aromatic carbocycles. The fourth-order valence-electron chi connectivity index (χ4n) is 2.03. The SMILES string of the molecule is CC1C=CC=C1N=CCc1ccc(N(C)C)cc1N. The number of benzene rings is 1. The maximum atomic E-state index is 6.07. The summed E-state index contributed by atoms with van der Waals surface area (Å²) in [7, 11) is 4.02. The third-order valence-electron chi connectivity index (χ3n) is 3.33. The summed E-state index contributed by atoms with van der Waals surface area (Å²) in [5.41, 5.74) is 10.2. The van der Waals surface area contributed by atoms with Crippen molar-refractivity contribution in [3.8, 4) is 0 Å². The molecule has 0 bridgehead atoms. The summed E-state index contributed by atoms with van der Waals surface area (Å²) in [5.74, 6) is 0.421. The molecule has 1 aliphatic rings. The Morgan fingerprint density at radius 3 is 2.74 bits per heavy atom. The fourth-order valence-corrected chi connectivity index (χ4v) is 2.03. The van der Waals surface area contributed by atoms with E-state index in [1.165, 1.54) is 0 Å². The molecule has 0 fully saturated rings. The quantitative estimate of drug-likeness (QED) is 0.663. The molecule has 2 rings (SSSR count). The molecule has 1 aromatic rings. The van der Waals surface area contributed by atoms with Gasteiger partial charge in [0, 0.05) is 49.7 Å². The monoisotopic (exact) mass is 255 g/mol. The third-order valence-corrected chi connectivity index (χ3v) is 3.33. The Labute approximate surface area is 115 Å². The van der Waals surface area contributed by atoms with Gasteiger partial charge in [-0.15, -0.1) is 0 Å². The van der Waals surface area contributed by atoms with Crippen LogP contribution in [0.4, 0.5) is 11.4 Å². The molecule has 19 heavy (non-hydrogen) atoms. The van der Waals surface area contributed by atoms with E-state index in [4.69, 9.17) is 5.73 Å². The van der Waals surface area contributed by atoms with Gasteiger partial charge in [0.25, 0.3) is 0 Å². The zero-order valence-corrected chi connectivity index (χ0v) is 11.8. The summed E-state index contributed by atoms with van der Waals surface area (Å²) < 4.78 is 0. The van der Waals surface area contributed by atoms with Crippen molar-refractivity contribution in [1.29, 1.82) is 0 Å². The second-order valence-corrected chi connectivity index (χ2v) is 5.06. The Balaban J connectivity index is 2.02. The lowest BCUT2D eigenvalue weighted by Crippen LogP contribution is -2.09. The maximum Gasteiger partial charge on any atom is 0.0465 e. The smallest absolute Gasteiger partial charge is 0.0465 e. The maximum absolute atomic E-state index is 6.07. The van der Waals surface area contributed by atoms with E-state index >= 15 is 0 Å². The second kappa shape index (κ2) is 5.74. The first-order valence-corrected chi connectivity index (χ1v) is 6.54. The van der Waals surface area contributed by atoms with E-state index in [2.05, 4.69) is 42.3 Å². The van der Waals surface area contributed by atoms with Crippen LogP contribution >= 0.6 is 0 Å². The van der Waals surface area contributed by atoms with Crippen LogP contribution in [0.1, 0.15) is 12.5 Å². The van der Waals surface area contributed by atoms with Crippen LogP contribution < -0.4 is 10.6 Å². The van der Waals surface area contributed by atoms with Gasteiger partial charge in [0.2, 0.25) is 0 Å². The first kappa shape index (κ1) is 13.4. The molecule has 0 saturated carbocycles. The minimum atomic E-state index is 0.421. The molecule has 0 saturated heterocycles. The molecule has 0 aromatic heterocycles. The van der Waals surface area contributed by atoms with Crippen molar-refractivity contribution >= 4 is 17.6 Å². The number of nitrogens with zero attached hydrogens (tertiary/aromatic N) is 2. The highest BCUT2D eigenvalue weighted by molar-refractivity contribution is 5.69. The van der Waals surface area contributed by atoms with Gasteiger partial charge in [0.05, 0.1) is 0 Å². The van der Waals surface area contributed by atoms with Crippen LogP contribution in [-0.2, 0) is 6.42 Å². The Hall–Kier alpha value is -2.03. The van der Waals surface area contributed by atoms with E-state index < -0.39 is 0 Å². The zero-order valence-electron chi connectivity index (χ0n) is 11.8. The van der Waals surface area contributed by atoms with Crippen LogP contribution in [0.3, 0.4) is 0 Å². The molecule has 2 N–H and O–H groups in total. The average Bonchev–Trinajstić information content (AvgIpc) is 2.77. The lowest BCUT2D eigenvalue weighted by atomic mass is 10.1. The highest BCUT2D eigenvalue weighted by Gasteiger charge is 2.07. The van der Waals surface area contributed by atoms with Crippen molar-refractivity contribution in [3.05, 3.63) is 47.7 Å². The third kappa shape index (κ3) is 3.25. The number of anilines is 2. The Morgan fingerprint density at radius 1 is 1.37 bits per heavy atom. The normalized spacial score (nSPS) is 18.1. The fraction of sp³-hybridized carbons (Fsp3) is 0.312. The van der Waals surface area contributed by atoms with E-state index in [0.717, 1.165) is 29.1 Å². The molecule has 1 aliphatic carbocycles. The predicted molar refractivity (Wildman–Crippen MR) is 83.8 cm³/mol. The average molecular weight is 255 g/mol. The van der Waals surface area contributed by atoms with Crippen molar-refractivity contribution in [2.75, 3.05) is 24.7 Å². The molecule has 1 atom stereocenters. The van der Waals surface area contributed by atoms with Crippen molar-refractivity contribution in [3.63, 3.8) is 0 Å². The van der Waals surface area contributed by atoms with Crippen LogP contribution in [0.5, 0.6) is 0 Å². The summed E-state index contributed by atoms with van der Waals surface area (Å²) in [4.78, 5) is 6.55. The number of allylic oxidation sites excluding steroid dienone is 3. The van der Waals surface area contributed by atoms with Gasteiger partial charge in [-0.2, -0.15) is 0 Å². The van der Waals surface area contributed by atoms with Gasteiger partial charge in [-0.05, 0) is 23.8 Å². The van der Waals surface area contributed by atoms with Crippen LogP contribution in [0.15, 0.2) is 47.1 Å². The number of hydrogen-bond donors (Lipinski definition) is 1. The first-order chi connectivity index (χ1) is 9.08. The minimum Gasteiger partial charge on any atom is -0.398 e. The molecule has 0 radical (unpaired) electrons. The molecule has 0 heterocycles. The number of aliphatic imine (C=N–C) groups is 1. The van der Waals surface area contributed by atoms with Gasteiger partial charge in [0.15, 0.2) is 0 Å². The van der Waals surface area contributed by atoms with Crippen LogP contribution in [0, 0.1) is 5.92 Å². The number of nitrogen functional groups attached to an aromatic ring is 1. The molecule has 0 aliphatic heterocycles. The van der Waals surface area contributed by atoms with Gasteiger partial charge < -0.3 is 10.6 Å². The topological polar surface area (TPSA) is 41.6 Å². The Morgan fingerprint density at radius 2 is 2.16 bits per heavy atom. The van der Waals surface area contributed by atoms with E-state index in [9.17, 15) is 0 Å². The number of hydrogen-bond acceptors (Lipinski definition) is 3. The predicted octanol–water partition coefficient (Wildman–Crippen LogP) is 3.04. The second-order valence-electron chi connectivity index (χ2n) is 5.06. The lowest BCUT2D eigenvalue weighted by Gasteiger charge is -2.14. The number of rotatable bonds is 4. The molecule has 0 spiro atoms. The van der Waals surface area contributed by atoms with Crippen molar-refractivity contribution < 1.29 is 0 Å². The van der Waals surface area contributed by atoms with Gasteiger partial charge >= 0.3 is 0 Å². The highest BCUT2D eigenvalue weighted by Crippen LogP contribution is 2.21. The van der Waals surface area contributed by atoms with Crippen LogP contribution in [-0.4, -0.2) is 20.3 Å². The molecule has 100 valence electrons. The number of nitrogens with two attached hydrogens (primary N) is 1. The summed E-state index contributed by atoms with van der Waals surface area (Å²) in [5, 5.41) is 0. The molecular weight excluding hydrogens is 234 g/mol. The van der Waals surface area contributed by atoms with E-state index in [1.54, 1.807) is 0 Å². The van der Waals surface area contributed by atoms with Crippen molar-refractivity contribution in [2.45, 2.75) is 13.3 Å². The molecule has 3 nitrogen and oxygen atoms in total. The Kier molecular flexibility index (Phi) is 4.05. The molecule has 0 amide bonds. The largest absolute Gasteiger partial charge is 0.398 e. The van der Waals surface area contributed by atoms with Gasteiger partial charge in [-0.25, -0.2) is 0 Å². The van der Waals surface area contributed by atoms with E-state index in [1.807, 2.05) is 31.3 Å². The van der Waals surface area contributed by atoms with Gasteiger partial charge in [-0.1, -0.05) is 25.1 Å². The van der Waals surface area contributed by atoms with Crippen molar-refractivity contribution in [1.82, 2.24) is 0 Å². The minimum absolute atomic E-state index is 0.421. The van der Waals surface area contributed by atoms with Crippen LogP contribution in [0.2, 0.25) is 0 Å². The molecule has 3 heteroatoms. The van der Waals surface area contributed by atoms with E-state index in [-0.39, 0.29) is 0 Å². The van der Waals surface area contributed by atoms with Gasteiger partial charge in [-0.3, -0.25) is 4.99 Å². The van der Waals surface area contributed by atoms with Crippen LogP contribution in [0.25, 0.3) is 0 Å². The molecular formula is C16H21N3. The summed E-state index contributed by atoms with van der Waals surface area (Å²) in [6, 6.07) is 6.15. The lowest BCUT2D eigenvalue weighted by molar-refractivity contribution is 0.867. The van der Waals surface area contributed by atoms with Gasteiger partial charge in [0.1, 0.15) is 0 Å². The zero-order chi connectivity index (χ0) is 13.8. The summed E-state index contributed by atoms with van der Waals surface area (Å²) >= 11 is 0. The van der Waals surface area contributed by atoms with Crippen molar-refractivity contribution in [2.24, 2.45) is 10.9 Å². The summed E-state index contributed by atoms with van der Waals surface area (Å²) in [6.45, 7) is 2.15. The highest BCUT2D eigenvalue weighted by atomic mass is 15.1. The standard InChI is InChI=1S/C16H21N3/c1-12-5-4-6-16(12)18-10-9-13-7-8-14(19(2)3)11-15(13)17/h4-8,10-12H,9,17H2,1-3H3. The van der Waals surface area contributed by atoms with E-state index in [0.29, 0.717) is 5.92 Å². The summed E-state index contributed by atoms with van der Waals surface area (Å²) in [6.07, 6.45) is 8.96.